The molecule has 2 N–H and O–H groups in total. The van der Waals surface area contributed by atoms with Crippen LogP contribution in [0.15, 0.2) is 59.5 Å². The quantitative estimate of drug-likeness (QED) is 0.842. The highest BCUT2D eigenvalue weighted by molar-refractivity contribution is 8.00. The molecule has 0 aliphatic rings. The minimum Gasteiger partial charge on any atom is -0.323 e. The normalized spacial score (nSPS) is 14.2. The van der Waals surface area contributed by atoms with Crippen LogP contribution in [0.25, 0.3) is 0 Å². The fraction of sp³-hybridized carbons (Fsp3) is 0.200. The Morgan fingerprint density at radius 3 is 2.22 bits per heavy atom. The van der Waals surface area contributed by atoms with Gasteiger partial charge in [-0.05, 0) is 29.8 Å². The Kier molecular flexibility index (Phi) is 4.39. The smallest absolute Gasteiger partial charge is 0.123 e. The molecule has 2 unspecified atom stereocenters. The molecular formula is C15H16FNS. The average Bonchev–Trinajstić information content (AvgIpc) is 2.41. The van der Waals surface area contributed by atoms with Gasteiger partial charge < -0.3 is 5.73 Å². The summed E-state index contributed by atoms with van der Waals surface area (Å²) in [5, 5.41) is 0.234. The van der Waals surface area contributed by atoms with E-state index in [-0.39, 0.29) is 17.1 Å². The van der Waals surface area contributed by atoms with Crippen LogP contribution in [0.2, 0.25) is 0 Å². The molecule has 0 amide bonds. The van der Waals surface area contributed by atoms with Crippen LogP contribution in [-0.4, -0.2) is 5.25 Å². The van der Waals surface area contributed by atoms with Gasteiger partial charge in [0, 0.05) is 16.2 Å². The van der Waals surface area contributed by atoms with Crippen molar-refractivity contribution in [3.8, 4) is 0 Å². The molecule has 0 radical (unpaired) electrons. The van der Waals surface area contributed by atoms with E-state index in [1.807, 2.05) is 30.3 Å². The van der Waals surface area contributed by atoms with E-state index in [9.17, 15) is 4.39 Å². The van der Waals surface area contributed by atoms with E-state index in [2.05, 4.69) is 6.92 Å². The Balaban J connectivity index is 2.03. The summed E-state index contributed by atoms with van der Waals surface area (Å²) < 4.78 is 12.8. The Labute approximate surface area is 111 Å². The van der Waals surface area contributed by atoms with Crippen LogP contribution in [0.3, 0.4) is 0 Å². The summed E-state index contributed by atoms with van der Waals surface area (Å²) in [6.07, 6.45) is 0. The van der Waals surface area contributed by atoms with E-state index in [4.69, 9.17) is 5.73 Å². The number of halogens is 1. The highest BCUT2D eigenvalue weighted by atomic mass is 32.2. The predicted octanol–water partition coefficient (Wildman–Crippen LogP) is 4.01. The zero-order chi connectivity index (χ0) is 13.0. The monoisotopic (exact) mass is 261 g/mol. The number of thioether (sulfide) groups is 1. The van der Waals surface area contributed by atoms with Gasteiger partial charge in [-0.1, -0.05) is 37.3 Å². The summed E-state index contributed by atoms with van der Waals surface area (Å²) >= 11 is 1.66. The third-order valence-corrected chi connectivity index (χ3v) is 4.04. The Morgan fingerprint density at radius 1 is 1.00 bits per heavy atom. The fourth-order valence-corrected chi connectivity index (χ4v) is 2.77. The van der Waals surface area contributed by atoms with Crippen molar-refractivity contribution < 1.29 is 4.39 Å². The number of rotatable bonds is 4. The second-order valence-corrected chi connectivity index (χ2v) is 5.66. The first-order valence-electron chi connectivity index (χ1n) is 5.89. The zero-order valence-corrected chi connectivity index (χ0v) is 11.0. The van der Waals surface area contributed by atoms with Gasteiger partial charge in [0.25, 0.3) is 0 Å². The molecule has 0 aliphatic carbocycles. The maximum Gasteiger partial charge on any atom is 0.123 e. The number of hydrogen-bond donors (Lipinski definition) is 1. The van der Waals surface area contributed by atoms with Crippen molar-refractivity contribution in [1.82, 2.24) is 0 Å². The molecule has 0 spiro atoms. The Morgan fingerprint density at radius 2 is 1.61 bits per heavy atom. The molecule has 3 heteroatoms. The molecule has 0 bridgehead atoms. The van der Waals surface area contributed by atoms with E-state index in [1.54, 1.807) is 23.9 Å². The molecule has 0 saturated heterocycles. The van der Waals surface area contributed by atoms with Crippen molar-refractivity contribution in [2.75, 3.05) is 0 Å². The molecule has 2 aromatic rings. The van der Waals surface area contributed by atoms with Crippen molar-refractivity contribution in [3.05, 3.63) is 66.0 Å². The van der Waals surface area contributed by atoms with E-state index in [0.29, 0.717) is 0 Å². The first-order chi connectivity index (χ1) is 8.66. The average molecular weight is 261 g/mol. The summed E-state index contributed by atoms with van der Waals surface area (Å²) in [5.74, 6) is -0.209. The minimum absolute atomic E-state index is 0.0266. The maximum atomic E-state index is 12.8. The van der Waals surface area contributed by atoms with E-state index >= 15 is 0 Å². The van der Waals surface area contributed by atoms with Gasteiger partial charge in [0.05, 0.1) is 0 Å². The fourth-order valence-electron chi connectivity index (χ4n) is 1.75. The largest absolute Gasteiger partial charge is 0.323 e. The molecule has 2 atom stereocenters. The van der Waals surface area contributed by atoms with E-state index < -0.39 is 0 Å². The number of nitrogens with two attached hydrogens (primary N) is 1. The van der Waals surface area contributed by atoms with Gasteiger partial charge in [0.2, 0.25) is 0 Å². The lowest BCUT2D eigenvalue weighted by atomic mass is 10.1. The SMILES string of the molecule is CC(Sc1ccc(F)cc1)C(N)c1ccccc1. The van der Waals surface area contributed by atoms with Gasteiger partial charge in [-0.2, -0.15) is 0 Å². The molecule has 94 valence electrons. The maximum absolute atomic E-state index is 12.8. The highest BCUT2D eigenvalue weighted by Gasteiger charge is 2.15. The van der Waals surface area contributed by atoms with Crippen LogP contribution in [-0.2, 0) is 0 Å². The zero-order valence-electron chi connectivity index (χ0n) is 10.2. The lowest BCUT2D eigenvalue weighted by Crippen LogP contribution is -2.20. The minimum atomic E-state index is -0.209. The van der Waals surface area contributed by atoms with Crippen LogP contribution in [0.5, 0.6) is 0 Å². The van der Waals surface area contributed by atoms with Crippen LogP contribution >= 0.6 is 11.8 Å². The van der Waals surface area contributed by atoms with Crippen molar-refractivity contribution in [2.24, 2.45) is 5.73 Å². The third kappa shape index (κ3) is 3.34. The molecule has 0 aromatic heterocycles. The van der Waals surface area contributed by atoms with Gasteiger partial charge in [-0.3, -0.25) is 0 Å². The molecule has 2 aromatic carbocycles. The summed E-state index contributed by atoms with van der Waals surface area (Å²) in [7, 11) is 0. The van der Waals surface area contributed by atoms with Crippen molar-refractivity contribution in [3.63, 3.8) is 0 Å². The predicted molar refractivity (Wildman–Crippen MR) is 75.1 cm³/mol. The molecule has 0 aliphatic heterocycles. The topological polar surface area (TPSA) is 26.0 Å². The molecular weight excluding hydrogens is 245 g/mol. The van der Waals surface area contributed by atoms with Gasteiger partial charge in [0.15, 0.2) is 0 Å². The highest BCUT2D eigenvalue weighted by Crippen LogP contribution is 2.30. The molecule has 1 nitrogen and oxygen atoms in total. The van der Waals surface area contributed by atoms with Gasteiger partial charge >= 0.3 is 0 Å². The molecule has 0 fully saturated rings. The van der Waals surface area contributed by atoms with E-state index in [1.165, 1.54) is 12.1 Å². The molecule has 0 saturated carbocycles. The summed E-state index contributed by atoms with van der Waals surface area (Å²) in [6, 6.07) is 16.5. The Bertz CT molecular complexity index is 484. The van der Waals surface area contributed by atoms with Crippen LogP contribution in [0.4, 0.5) is 4.39 Å². The Hall–Kier alpha value is -1.32. The first kappa shape index (κ1) is 13.1. The molecule has 0 heterocycles. The lowest BCUT2D eigenvalue weighted by Gasteiger charge is -2.19. The van der Waals surface area contributed by atoms with E-state index in [0.717, 1.165) is 10.5 Å². The molecule has 18 heavy (non-hydrogen) atoms. The third-order valence-electron chi connectivity index (χ3n) is 2.83. The van der Waals surface area contributed by atoms with Crippen molar-refractivity contribution >= 4 is 11.8 Å². The standard InChI is InChI=1S/C15H16FNS/c1-11(15(17)12-5-3-2-4-6-12)18-14-9-7-13(16)8-10-14/h2-11,15H,17H2,1H3. The molecule has 2 rings (SSSR count). The van der Waals surface area contributed by atoms with Crippen molar-refractivity contribution in [1.29, 1.82) is 0 Å². The van der Waals surface area contributed by atoms with Crippen molar-refractivity contribution in [2.45, 2.75) is 23.1 Å². The van der Waals surface area contributed by atoms with Gasteiger partial charge in [-0.25, -0.2) is 4.39 Å². The lowest BCUT2D eigenvalue weighted by molar-refractivity contribution is 0.626. The van der Waals surface area contributed by atoms with Gasteiger partial charge in [-0.15, -0.1) is 11.8 Å². The summed E-state index contributed by atoms with van der Waals surface area (Å²) in [4.78, 5) is 1.04. The van der Waals surface area contributed by atoms with Crippen LogP contribution < -0.4 is 5.73 Å². The number of benzene rings is 2. The number of hydrogen-bond acceptors (Lipinski definition) is 2. The summed E-state index contributed by atoms with van der Waals surface area (Å²) in [5.41, 5.74) is 7.35. The second-order valence-electron chi connectivity index (χ2n) is 4.21. The second kappa shape index (κ2) is 6.03. The van der Waals surface area contributed by atoms with Gasteiger partial charge in [0.1, 0.15) is 5.82 Å². The van der Waals surface area contributed by atoms with Crippen LogP contribution in [0, 0.1) is 5.82 Å². The van der Waals surface area contributed by atoms with Crippen LogP contribution in [0.1, 0.15) is 18.5 Å². The summed E-state index contributed by atoms with van der Waals surface area (Å²) in [6.45, 7) is 2.09. The first-order valence-corrected chi connectivity index (χ1v) is 6.77.